The number of sulfonamides is 1. The molecule has 238 valence electrons. The van der Waals surface area contributed by atoms with Crippen LogP contribution in [-0.2, 0) is 21.9 Å². The van der Waals surface area contributed by atoms with Gasteiger partial charge in [-0.3, -0.25) is 4.79 Å². The summed E-state index contributed by atoms with van der Waals surface area (Å²) in [5, 5.41) is 21.7. The molecule has 0 unspecified atom stereocenters. The van der Waals surface area contributed by atoms with E-state index in [0.29, 0.717) is 36.9 Å². The first-order valence-corrected chi connectivity index (χ1v) is 17.7. The van der Waals surface area contributed by atoms with Crippen LogP contribution in [0.1, 0.15) is 73.9 Å². The Balaban J connectivity index is 1.45. The fourth-order valence-electron chi connectivity index (χ4n) is 7.82. The van der Waals surface area contributed by atoms with E-state index in [2.05, 4.69) is 21.8 Å². The van der Waals surface area contributed by atoms with E-state index in [-0.39, 0.29) is 41.8 Å². The minimum atomic E-state index is -3.98. The topological polar surface area (TPSA) is 116 Å². The van der Waals surface area contributed by atoms with Gasteiger partial charge in [0.15, 0.2) is 0 Å². The highest BCUT2D eigenvalue weighted by Crippen LogP contribution is 2.49. The van der Waals surface area contributed by atoms with Crippen LogP contribution in [0.2, 0.25) is 5.02 Å². The van der Waals surface area contributed by atoms with Crippen LogP contribution in [0.3, 0.4) is 0 Å². The number of hydrogen-bond acceptors (Lipinski definition) is 7. The van der Waals surface area contributed by atoms with Gasteiger partial charge in [0, 0.05) is 42.1 Å². The molecule has 1 fully saturated rings. The molecule has 4 aliphatic rings. The fraction of sp³-hybridized carbons (Fsp3) is 0.559. The minimum Gasteiger partial charge on any atom is -0.490 e. The van der Waals surface area contributed by atoms with Crippen molar-refractivity contribution in [1.82, 2.24) is 4.72 Å². The second kappa shape index (κ2) is 12.0. The van der Waals surface area contributed by atoms with Crippen molar-refractivity contribution in [2.24, 2.45) is 17.8 Å². The van der Waals surface area contributed by atoms with Crippen LogP contribution < -0.4 is 14.4 Å². The van der Waals surface area contributed by atoms with Crippen LogP contribution in [0.4, 0.5) is 5.69 Å². The van der Waals surface area contributed by atoms with Gasteiger partial charge in [0.1, 0.15) is 5.75 Å². The van der Waals surface area contributed by atoms with Crippen LogP contribution in [0.25, 0.3) is 0 Å². The molecular formula is C34H43ClN2O6S. The summed E-state index contributed by atoms with van der Waals surface area (Å²) < 4.78 is 35.4. The highest BCUT2D eigenvalue weighted by molar-refractivity contribution is 7.90. The molecule has 0 saturated heterocycles. The molecule has 2 aromatic rings. The third kappa shape index (κ3) is 5.77. The van der Waals surface area contributed by atoms with Crippen LogP contribution in [0.15, 0.2) is 48.6 Å². The van der Waals surface area contributed by atoms with Crippen molar-refractivity contribution < 1.29 is 28.2 Å². The first-order valence-electron chi connectivity index (χ1n) is 15.8. The molecule has 0 aromatic heterocycles. The molecule has 2 bridgehead atoms. The molecule has 0 radical (unpaired) electrons. The van der Waals surface area contributed by atoms with Gasteiger partial charge in [-0.25, -0.2) is 13.1 Å². The van der Waals surface area contributed by atoms with Crippen molar-refractivity contribution in [3.8, 4) is 5.75 Å². The highest BCUT2D eigenvalue weighted by Gasteiger charge is 2.48. The largest absolute Gasteiger partial charge is 0.490 e. The van der Waals surface area contributed by atoms with Gasteiger partial charge in [0.05, 0.1) is 23.1 Å². The number of anilines is 1. The summed E-state index contributed by atoms with van der Waals surface area (Å²) >= 11 is 6.40. The van der Waals surface area contributed by atoms with Crippen molar-refractivity contribution in [1.29, 1.82) is 0 Å². The summed E-state index contributed by atoms with van der Waals surface area (Å²) in [5.74, 6) is -0.241. The zero-order chi connectivity index (χ0) is 31.3. The van der Waals surface area contributed by atoms with Gasteiger partial charge in [0.25, 0.3) is 5.91 Å². The molecule has 6 atom stereocenters. The number of ether oxygens (including phenoxy) is 1. The molecule has 2 heterocycles. The third-order valence-corrected chi connectivity index (χ3v) is 12.9. The number of nitrogens with zero attached hydrogens (tertiary/aromatic N) is 1. The number of amides is 1. The molecule has 1 saturated carbocycles. The first-order chi connectivity index (χ1) is 20.9. The van der Waals surface area contributed by atoms with E-state index < -0.39 is 26.8 Å². The number of allylic oxidation sites excluding steroid dienone is 1. The molecule has 3 N–H and O–H groups in total. The molecule has 8 nitrogen and oxygen atoms in total. The SMILES string of the molecule is C[C@@H]1[C@@H](C)C/C=C\[C@](O)(CCO)[C@@H]2CC[C@H]2CN2C[C@@]3(CCCc4cc(Cl)ccc43)COc3ccc(cc32)C(=O)NS1(=O)=O. The Labute approximate surface area is 265 Å². The number of carbonyl (C=O) groups is 1. The molecule has 2 aliphatic carbocycles. The number of rotatable bonds is 2. The van der Waals surface area contributed by atoms with Crippen LogP contribution in [-0.4, -0.2) is 61.7 Å². The van der Waals surface area contributed by atoms with Crippen molar-refractivity contribution in [3.63, 3.8) is 0 Å². The smallest absolute Gasteiger partial charge is 0.264 e. The minimum absolute atomic E-state index is 0.0669. The van der Waals surface area contributed by atoms with Crippen LogP contribution >= 0.6 is 11.6 Å². The third-order valence-electron chi connectivity index (χ3n) is 10.8. The van der Waals surface area contributed by atoms with Crippen molar-refractivity contribution >= 4 is 33.2 Å². The maximum atomic E-state index is 13.4. The molecule has 2 aromatic carbocycles. The number of carbonyl (C=O) groups excluding carboxylic acids is 1. The Bertz CT molecular complexity index is 1560. The average molecular weight is 643 g/mol. The summed E-state index contributed by atoms with van der Waals surface area (Å²) in [5.41, 5.74) is 1.94. The van der Waals surface area contributed by atoms with Crippen LogP contribution in [0.5, 0.6) is 5.75 Å². The highest BCUT2D eigenvalue weighted by atomic mass is 35.5. The normalized spacial score (nSPS) is 34.0. The molecule has 1 amide bonds. The maximum absolute atomic E-state index is 13.4. The number of nitrogens with one attached hydrogen (secondary N) is 1. The van der Waals surface area contributed by atoms with E-state index >= 15 is 0 Å². The first kappa shape index (κ1) is 31.4. The Kier molecular flexibility index (Phi) is 8.54. The van der Waals surface area contributed by atoms with Crippen molar-refractivity contribution in [2.75, 3.05) is 31.2 Å². The average Bonchev–Trinajstić information content (AvgIpc) is 3.11. The zero-order valence-corrected chi connectivity index (χ0v) is 27.0. The molecule has 1 spiro atoms. The number of halogens is 1. The lowest BCUT2D eigenvalue weighted by atomic mass is 9.63. The van der Waals surface area contributed by atoms with E-state index in [4.69, 9.17) is 16.3 Å². The summed E-state index contributed by atoms with van der Waals surface area (Å²) in [4.78, 5) is 15.7. The second-order valence-electron chi connectivity index (χ2n) is 13.5. The van der Waals surface area contributed by atoms with Gasteiger partial charge >= 0.3 is 0 Å². The molecule has 6 rings (SSSR count). The van der Waals surface area contributed by atoms with E-state index in [1.807, 2.05) is 19.1 Å². The van der Waals surface area contributed by atoms with Gasteiger partial charge in [-0.1, -0.05) is 36.7 Å². The zero-order valence-electron chi connectivity index (χ0n) is 25.5. The lowest BCUT2D eigenvalue weighted by molar-refractivity contribution is -0.0583. The van der Waals surface area contributed by atoms with Crippen molar-refractivity contribution in [3.05, 3.63) is 70.3 Å². The van der Waals surface area contributed by atoms with Gasteiger partial charge in [0.2, 0.25) is 10.0 Å². The number of aliphatic hydroxyl groups excluding tert-OH is 1. The van der Waals surface area contributed by atoms with Gasteiger partial charge in [-0.2, -0.15) is 0 Å². The summed E-state index contributed by atoms with van der Waals surface area (Å²) in [7, 11) is -3.98. The maximum Gasteiger partial charge on any atom is 0.264 e. The van der Waals surface area contributed by atoms with E-state index in [1.54, 1.807) is 31.2 Å². The Morgan fingerprint density at radius 1 is 1.16 bits per heavy atom. The predicted molar refractivity (Wildman–Crippen MR) is 172 cm³/mol. The number of benzene rings is 2. The second-order valence-corrected chi connectivity index (χ2v) is 16.0. The summed E-state index contributed by atoms with van der Waals surface area (Å²) in [6.45, 7) is 5.01. The quantitative estimate of drug-likeness (QED) is 0.395. The molecule has 10 heteroatoms. The van der Waals surface area contributed by atoms with Crippen LogP contribution in [0, 0.1) is 17.8 Å². The standard InChI is InChI=1S/C34H43ClN2O6S/c1-22-5-3-14-34(40,15-16-38)29-10-7-26(29)19-37-20-33(13-4-6-24-17-27(35)9-11-28(24)33)21-43-31-12-8-25(18-30(31)37)32(39)36-44(41,42)23(22)2/h3,8-9,11-12,14,17-18,22-23,26,29,38,40H,4-7,10,13,15-16,19-21H2,1-2H3,(H,36,39)/b14-3-/t22-,23+,26-,29+,33-,34-/m0/s1. The lowest BCUT2D eigenvalue weighted by Gasteiger charge is -2.49. The number of fused-ring (bicyclic) bond motifs is 4. The Hall–Kier alpha value is -2.59. The van der Waals surface area contributed by atoms with Crippen molar-refractivity contribution in [2.45, 2.75) is 75.1 Å². The molecular weight excluding hydrogens is 600 g/mol. The number of hydrogen-bond donors (Lipinski definition) is 3. The van der Waals surface area contributed by atoms with E-state index in [1.165, 1.54) is 11.1 Å². The number of aryl methyl sites for hydroxylation is 1. The molecule has 2 aliphatic heterocycles. The van der Waals surface area contributed by atoms with Gasteiger partial charge in [-0.15, -0.1) is 0 Å². The Morgan fingerprint density at radius 2 is 1.98 bits per heavy atom. The van der Waals surface area contributed by atoms with E-state index in [0.717, 1.165) is 37.8 Å². The lowest BCUT2D eigenvalue weighted by Crippen LogP contribution is -2.52. The summed E-state index contributed by atoms with van der Waals surface area (Å²) in [6.07, 6.45) is 8.89. The van der Waals surface area contributed by atoms with Gasteiger partial charge in [-0.05, 0) is 105 Å². The van der Waals surface area contributed by atoms with Gasteiger partial charge < -0.3 is 19.8 Å². The fourth-order valence-corrected chi connectivity index (χ4v) is 9.30. The predicted octanol–water partition coefficient (Wildman–Crippen LogP) is 5.00. The van der Waals surface area contributed by atoms with E-state index in [9.17, 15) is 23.4 Å². The molecule has 44 heavy (non-hydrogen) atoms. The number of aliphatic hydroxyl groups is 2. The monoisotopic (exact) mass is 642 g/mol. The summed E-state index contributed by atoms with van der Waals surface area (Å²) in [6, 6.07) is 11.3. The Morgan fingerprint density at radius 3 is 2.73 bits per heavy atom.